The van der Waals surface area contributed by atoms with Crippen molar-refractivity contribution in [2.75, 3.05) is 39.9 Å². The van der Waals surface area contributed by atoms with Gasteiger partial charge in [-0.15, -0.1) is 0 Å². The highest BCUT2D eigenvalue weighted by Crippen LogP contribution is 2.41. The van der Waals surface area contributed by atoms with Gasteiger partial charge in [-0.1, -0.05) is 29.8 Å². The van der Waals surface area contributed by atoms with Crippen molar-refractivity contribution in [2.24, 2.45) is 10.4 Å². The highest BCUT2D eigenvalue weighted by atomic mass is 79.9. The number of fused-ring (bicyclic) bond motifs is 1. The van der Waals surface area contributed by atoms with Gasteiger partial charge in [0.25, 0.3) is 0 Å². The summed E-state index contributed by atoms with van der Waals surface area (Å²) in [5.41, 5.74) is 5.93. The molecule has 3 heterocycles. The number of rotatable bonds is 9. The smallest absolute Gasteiger partial charge is 0.0966 e. The van der Waals surface area contributed by atoms with Crippen molar-refractivity contribution in [1.82, 2.24) is 14.4 Å². The molecule has 2 fully saturated rings. The molecule has 1 saturated carbocycles. The first-order chi connectivity index (χ1) is 17.8. The van der Waals surface area contributed by atoms with Crippen LogP contribution in [0.25, 0.3) is 16.5 Å². The number of hydrogen-bond donors (Lipinski definition) is 1. The third-order valence-corrected chi connectivity index (χ3v) is 9.04. The first-order valence-corrected chi connectivity index (χ1v) is 14.8. The lowest BCUT2D eigenvalue weighted by atomic mass is 9.83. The molecule has 1 aromatic carbocycles. The molecule has 1 aliphatic carbocycles. The van der Waals surface area contributed by atoms with Gasteiger partial charge in [-0.25, -0.2) is 0 Å². The molecule has 0 amide bonds. The number of piperazine rings is 1. The minimum atomic E-state index is -0.228. The van der Waals surface area contributed by atoms with Gasteiger partial charge < -0.3 is 14.4 Å². The summed E-state index contributed by atoms with van der Waals surface area (Å²) in [4.78, 5) is 10.4. The van der Waals surface area contributed by atoms with Crippen molar-refractivity contribution in [3.63, 3.8) is 0 Å². The fraction of sp³-hybridized carbons (Fsp3) is 0.633. The molecule has 1 aromatic heterocycles. The molecule has 0 radical (unpaired) electrons. The van der Waals surface area contributed by atoms with Crippen molar-refractivity contribution >= 4 is 38.6 Å². The van der Waals surface area contributed by atoms with Crippen LogP contribution in [0.15, 0.2) is 33.4 Å². The zero-order valence-corrected chi connectivity index (χ0v) is 24.7. The normalized spacial score (nSPS) is 22.8. The Kier molecular flexibility index (Phi) is 8.00. The van der Waals surface area contributed by atoms with Crippen molar-refractivity contribution in [3.8, 4) is 0 Å². The maximum atomic E-state index is 10.2. The van der Waals surface area contributed by atoms with E-state index in [0.717, 1.165) is 61.8 Å². The fourth-order valence-corrected chi connectivity index (χ4v) is 6.53. The van der Waals surface area contributed by atoms with Crippen LogP contribution in [0.4, 0.5) is 0 Å². The monoisotopic (exact) mass is 570 g/mol. The summed E-state index contributed by atoms with van der Waals surface area (Å²) in [7, 11) is 1.77. The standard InChI is InChI=1S/C30H43BrN4O2/c1-6-35-27-10-7-21(31)15-24(27)26(17-30(3,4)19-36)29(35)25-16-23(18-32-28(25)20(2)37-5)34-13-11-33(12-14-34)22-8-9-22/h7,10,15,18,20,22-23,36H,6,8-9,11-14,16-17,19H2,1-5H3/t20-,23?/m0/s1. The van der Waals surface area contributed by atoms with Crippen molar-refractivity contribution in [2.45, 2.75) is 78.1 Å². The summed E-state index contributed by atoms with van der Waals surface area (Å²) in [5, 5.41) is 11.5. The Hall–Kier alpha value is -1.51. The molecular formula is C30H43BrN4O2. The second-order valence-corrected chi connectivity index (χ2v) is 12.7. The van der Waals surface area contributed by atoms with Gasteiger partial charge in [-0.2, -0.15) is 0 Å². The molecular weight excluding hydrogens is 528 g/mol. The van der Waals surface area contributed by atoms with Crippen LogP contribution in [0.3, 0.4) is 0 Å². The maximum absolute atomic E-state index is 10.2. The second kappa shape index (κ2) is 10.9. The fourth-order valence-electron chi connectivity index (χ4n) is 6.17. The van der Waals surface area contributed by atoms with E-state index in [-0.39, 0.29) is 24.2 Å². The first-order valence-electron chi connectivity index (χ1n) is 14.0. The molecule has 5 rings (SSSR count). The number of halogens is 1. The number of aromatic nitrogens is 1. The summed E-state index contributed by atoms with van der Waals surface area (Å²) < 4.78 is 9.39. The van der Waals surface area contributed by atoms with E-state index < -0.39 is 0 Å². The molecule has 37 heavy (non-hydrogen) atoms. The predicted octanol–water partition coefficient (Wildman–Crippen LogP) is 5.35. The van der Waals surface area contributed by atoms with Gasteiger partial charge in [-0.05, 0) is 68.7 Å². The highest BCUT2D eigenvalue weighted by Gasteiger charge is 2.35. The third kappa shape index (κ3) is 5.48. The summed E-state index contributed by atoms with van der Waals surface area (Å²) >= 11 is 3.72. The summed E-state index contributed by atoms with van der Waals surface area (Å²) in [6, 6.07) is 7.73. The Balaban J connectivity index is 1.59. The molecule has 1 N–H and O–H groups in total. The van der Waals surface area contributed by atoms with E-state index in [1.807, 2.05) is 0 Å². The molecule has 0 bridgehead atoms. The van der Waals surface area contributed by atoms with E-state index in [4.69, 9.17) is 9.73 Å². The van der Waals surface area contributed by atoms with Gasteiger partial charge in [0.15, 0.2) is 0 Å². The van der Waals surface area contributed by atoms with Crippen LogP contribution in [0.5, 0.6) is 0 Å². The molecule has 1 saturated heterocycles. The number of methoxy groups -OCH3 is 1. The van der Waals surface area contributed by atoms with Crippen LogP contribution < -0.4 is 0 Å². The number of benzene rings is 1. The molecule has 2 aromatic rings. The van der Waals surface area contributed by atoms with E-state index in [0.29, 0.717) is 0 Å². The quantitative estimate of drug-likeness (QED) is 0.441. The van der Waals surface area contributed by atoms with E-state index in [1.165, 1.54) is 40.6 Å². The minimum Gasteiger partial charge on any atom is -0.396 e. The first kappa shape index (κ1) is 27.1. The van der Waals surface area contributed by atoms with Gasteiger partial charge in [0, 0.05) is 85.7 Å². The van der Waals surface area contributed by atoms with Gasteiger partial charge in [0.2, 0.25) is 0 Å². The van der Waals surface area contributed by atoms with Crippen LogP contribution in [-0.2, 0) is 17.7 Å². The van der Waals surface area contributed by atoms with Gasteiger partial charge in [0.1, 0.15) is 0 Å². The van der Waals surface area contributed by atoms with Crippen molar-refractivity contribution in [1.29, 1.82) is 0 Å². The molecule has 0 spiro atoms. The number of nitrogens with zero attached hydrogens (tertiary/aromatic N) is 4. The maximum Gasteiger partial charge on any atom is 0.0966 e. The Morgan fingerprint density at radius 2 is 1.86 bits per heavy atom. The number of aryl methyl sites for hydroxylation is 1. The Labute approximate surface area is 230 Å². The molecule has 202 valence electrons. The number of hydrogen-bond acceptors (Lipinski definition) is 5. The van der Waals surface area contributed by atoms with E-state index in [9.17, 15) is 5.11 Å². The van der Waals surface area contributed by atoms with Gasteiger partial charge >= 0.3 is 0 Å². The van der Waals surface area contributed by atoms with E-state index in [2.05, 4.69) is 82.4 Å². The average molecular weight is 572 g/mol. The van der Waals surface area contributed by atoms with E-state index in [1.54, 1.807) is 7.11 Å². The topological polar surface area (TPSA) is 53.2 Å². The lowest BCUT2D eigenvalue weighted by molar-refractivity contribution is 0.113. The SMILES string of the molecule is CCn1c(C2=C([C@H](C)OC)N=CC(N3CCN(C4CC4)CC3)C2)c(CC(C)(C)CO)c2cc(Br)ccc21. The Morgan fingerprint density at radius 1 is 1.16 bits per heavy atom. The number of aliphatic hydroxyl groups excluding tert-OH is 1. The van der Waals surface area contributed by atoms with Crippen molar-refractivity contribution in [3.05, 3.63) is 39.6 Å². The second-order valence-electron chi connectivity index (χ2n) is 11.8. The number of aliphatic hydroxyl groups is 1. The Morgan fingerprint density at radius 3 is 2.49 bits per heavy atom. The molecule has 2 atom stereocenters. The molecule has 6 nitrogen and oxygen atoms in total. The molecule has 3 aliphatic rings. The minimum absolute atomic E-state index is 0.0901. The molecule has 1 unspecified atom stereocenters. The lowest BCUT2D eigenvalue weighted by Gasteiger charge is -2.40. The van der Waals surface area contributed by atoms with Gasteiger partial charge in [-0.3, -0.25) is 14.8 Å². The zero-order chi connectivity index (χ0) is 26.3. The van der Waals surface area contributed by atoms with Crippen LogP contribution in [-0.4, -0.2) is 83.8 Å². The molecule has 7 heteroatoms. The summed E-state index contributed by atoms with van der Waals surface area (Å²) in [6.45, 7) is 14.2. The van der Waals surface area contributed by atoms with Gasteiger partial charge in [0.05, 0.1) is 17.5 Å². The summed E-state index contributed by atoms with van der Waals surface area (Å²) in [6.07, 6.45) is 6.56. The highest BCUT2D eigenvalue weighted by molar-refractivity contribution is 9.10. The molecule has 2 aliphatic heterocycles. The van der Waals surface area contributed by atoms with Crippen molar-refractivity contribution < 1.29 is 9.84 Å². The van der Waals surface area contributed by atoms with Crippen LogP contribution in [0, 0.1) is 5.41 Å². The van der Waals surface area contributed by atoms with E-state index >= 15 is 0 Å². The van der Waals surface area contributed by atoms with Crippen LogP contribution in [0.1, 0.15) is 58.2 Å². The zero-order valence-electron chi connectivity index (χ0n) is 23.1. The number of aliphatic imine (C=N–C) groups is 1. The average Bonchev–Trinajstić information content (AvgIpc) is 3.72. The Bertz CT molecular complexity index is 1190. The third-order valence-electron chi connectivity index (χ3n) is 8.54. The summed E-state index contributed by atoms with van der Waals surface area (Å²) in [5.74, 6) is 0. The number of ether oxygens (including phenoxy) is 1. The largest absolute Gasteiger partial charge is 0.396 e. The van der Waals surface area contributed by atoms with Crippen LogP contribution >= 0.6 is 15.9 Å². The van der Waals surface area contributed by atoms with Crippen LogP contribution in [0.2, 0.25) is 0 Å². The lowest BCUT2D eigenvalue weighted by Crippen LogP contribution is -2.51. The predicted molar refractivity (Wildman–Crippen MR) is 156 cm³/mol.